The maximum atomic E-state index is 13.5. The summed E-state index contributed by atoms with van der Waals surface area (Å²) in [6.07, 6.45) is 3.37. The monoisotopic (exact) mass is 342 g/mol. The summed E-state index contributed by atoms with van der Waals surface area (Å²) in [6.45, 7) is 1.96. The molecule has 2 N–H and O–H groups in total. The largest absolute Gasteiger partial charge is 0.486 e. The number of imidazole rings is 1. The molecule has 0 aliphatic carbocycles. The summed E-state index contributed by atoms with van der Waals surface area (Å²) in [5.41, 5.74) is 8.17. The molecule has 7 heteroatoms. The van der Waals surface area contributed by atoms with Gasteiger partial charge in [-0.25, -0.2) is 18.4 Å². The van der Waals surface area contributed by atoms with Gasteiger partial charge in [0, 0.05) is 6.07 Å². The molecule has 0 fully saturated rings. The van der Waals surface area contributed by atoms with E-state index in [0.29, 0.717) is 5.95 Å². The van der Waals surface area contributed by atoms with Crippen LogP contribution < -0.4 is 10.5 Å². The van der Waals surface area contributed by atoms with Crippen LogP contribution in [0, 0.1) is 18.6 Å². The van der Waals surface area contributed by atoms with E-state index in [1.165, 1.54) is 4.68 Å². The molecule has 0 aliphatic heterocycles. The fourth-order valence-corrected chi connectivity index (χ4v) is 2.17. The van der Waals surface area contributed by atoms with E-state index in [4.69, 9.17) is 10.5 Å². The first-order chi connectivity index (χ1) is 12.0. The van der Waals surface area contributed by atoms with Crippen LogP contribution in [0.5, 0.6) is 5.75 Å². The Morgan fingerprint density at radius 3 is 2.64 bits per heavy atom. The number of rotatable bonds is 5. The molecule has 2 aromatic carbocycles. The Balaban J connectivity index is 1.64. The number of halogens is 2. The summed E-state index contributed by atoms with van der Waals surface area (Å²) in [7, 11) is 0. The molecule has 0 amide bonds. The van der Waals surface area contributed by atoms with Crippen molar-refractivity contribution < 1.29 is 13.5 Å². The number of nitrogens with two attached hydrogens (primary N) is 1. The van der Waals surface area contributed by atoms with Gasteiger partial charge in [0.15, 0.2) is 11.6 Å². The zero-order valence-electron chi connectivity index (χ0n) is 13.5. The molecule has 0 bridgehead atoms. The molecule has 0 unspecified atom stereocenters. The minimum absolute atomic E-state index is 0.114. The first-order valence-corrected chi connectivity index (χ1v) is 7.54. The Bertz CT molecular complexity index is 904. The summed E-state index contributed by atoms with van der Waals surface area (Å²) in [5.74, 6) is -0.942. The molecule has 128 valence electrons. The lowest BCUT2D eigenvalue weighted by Crippen LogP contribution is -1.99. The third-order valence-electron chi connectivity index (χ3n) is 3.43. The summed E-state index contributed by atoms with van der Waals surface area (Å²) < 4.78 is 33.4. The highest BCUT2D eigenvalue weighted by Crippen LogP contribution is 2.19. The lowest BCUT2D eigenvalue weighted by Gasteiger charge is -2.07. The topological polar surface area (TPSA) is 65.4 Å². The SMILES string of the molecule is Cc1cn(N=Cc2ccc(COc3cc(F)ccc3F)cc2)c(N)n1. The van der Waals surface area contributed by atoms with Crippen LogP contribution in [-0.2, 0) is 6.61 Å². The van der Waals surface area contributed by atoms with Crippen LogP contribution in [0.15, 0.2) is 53.8 Å². The molecule has 3 aromatic rings. The Labute approximate surface area is 143 Å². The minimum atomic E-state index is -0.599. The normalized spacial score (nSPS) is 11.2. The Morgan fingerprint density at radius 1 is 1.20 bits per heavy atom. The minimum Gasteiger partial charge on any atom is -0.486 e. The van der Waals surface area contributed by atoms with E-state index in [1.807, 2.05) is 31.2 Å². The highest BCUT2D eigenvalue weighted by molar-refractivity contribution is 5.79. The average Bonchev–Trinajstić information content (AvgIpc) is 2.92. The fourth-order valence-electron chi connectivity index (χ4n) is 2.17. The number of aromatic nitrogens is 2. The second-order valence-electron chi connectivity index (χ2n) is 5.43. The van der Waals surface area contributed by atoms with Crippen molar-refractivity contribution in [1.29, 1.82) is 0 Å². The molecule has 5 nitrogen and oxygen atoms in total. The van der Waals surface area contributed by atoms with E-state index in [0.717, 1.165) is 35.0 Å². The number of hydrogen-bond donors (Lipinski definition) is 1. The van der Waals surface area contributed by atoms with E-state index < -0.39 is 11.6 Å². The van der Waals surface area contributed by atoms with Crippen molar-refractivity contribution in [3.63, 3.8) is 0 Å². The third-order valence-corrected chi connectivity index (χ3v) is 3.43. The Kier molecular flexibility index (Phi) is 4.74. The van der Waals surface area contributed by atoms with Gasteiger partial charge >= 0.3 is 0 Å². The van der Waals surface area contributed by atoms with Crippen molar-refractivity contribution in [2.45, 2.75) is 13.5 Å². The van der Waals surface area contributed by atoms with Gasteiger partial charge in [0.25, 0.3) is 0 Å². The van der Waals surface area contributed by atoms with Crippen LogP contribution in [0.25, 0.3) is 0 Å². The smallest absolute Gasteiger partial charge is 0.221 e. The number of nitrogens with zero attached hydrogens (tertiary/aromatic N) is 3. The molecule has 0 aliphatic rings. The van der Waals surface area contributed by atoms with Crippen molar-refractivity contribution in [1.82, 2.24) is 9.66 Å². The van der Waals surface area contributed by atoms with Crippen molar-refractivity contribution >= 4 is 12.2 Å². The lowest BCUT2D eigenvalue weighted by molar-refractivity contribution is 0.288. The number of benzene rings is 2. The zero-order chi connectivity index (χ0) is 17.8. The number of aryl methyl sites for hydroxylation is 1. The van der Waals surface area contributed by atoms with Crippen LogP contribution >= 0.6 is 0 Å². The molecular weight excluding hydrogens is 326 g/mol. The van der Waals surface area contributed by atoms with E-state index in [2.05, 4.69) is 10.1 Å². The molecule has 0 atom stereocenters. The van der Waals surface area contributed by atoms with Crippen molar-refractivity contribution in [3.8, 4) is 5.75 Å². The van der Waals surface area contributed by atoms with Gasteiger partial charge in [-0.15, -0.1) is 0 Å². The van der Waals surface area contributed by atoms with Crippen molar-refractivity contribution in [3.05, 3.63) is 77.1 Å². The molecule has 1 heterocycles. The van der Waals surface area contributed by atoms with E-state index in [1.54, 1.807) is 12.4 Å². The van der Waals surface area contributed by atoms with Gasteiger partial charge in [0.05, 0.1) is 18.1 Å². The first kappa shape index (κ1) is 16.6. The van der Waals surface area contributed by atoms with Gasteiger partial charge in [0.2, 0.25) is 5.95 Å². The highest BCUT2D eigenvalue weighted by Gasteiger charge is 2.05. The quantitative estimate of drug-likeness (QED) is 0.722. The van der Waals surface area contributed by atoms with Crippen LogP contribution in [-0.4, -0.2) is 15.9 Å². The number of nitrogen functional groups attached to an aromatic ring is 1. The van der Waals surface area contributed by atoms with E-state index >= 15 is 0 Å². The highest BCUT2D eigenvalue weighted by atomic mass is 19.1. The number of anilines is 1. The standard InChI is InChI=1S/C18H16F2N4O/c1-12-10-24(18(21)23-12)22-9-13-2-4-14(5-3-13)11-25-17-8-15(19)6-7-16(17)20/h2-10H,11H2,1H3,(H2,21,23). The predicted molar refractivity (Wildman–Crippen MR) is 91.5 cm³/mol. The molecule has 3 rings (SSSR count). The van der Waals surface area contributed by atoms with Crippen LogP contribution in [0.3, 0.4) is 0 Å². The van der Waals surface area contributed by atoms with Crippen molar-refractivity contribution in [2.24, 2.45) is 5.10 Å². The van der Waals surface area contributed by atoms with Gasteiger partial charge in [-0.3, -0.25) is 0 Å². The molecule has 0 saturated heterocycles. The predicted octanol–water partition coefficient (Wildman–Crippen LogP) is 3.51. The summed E-state index contributed by atoms with van der Waals surface area (Å²) in [6, 6.07) is 10.4. The summed E-state index contributed by atoms with van der Waals surface area (Å²) in [5, 5.41) is 4.22. The molecule has 1 aromatic heterocycles. The van der Waals surface area contributed by atoms with E-state index in [-0.39, 0.29) is 12.4 Å². The maximum Gasteiger partial charge on any atom is 0.221 e. The van der Waals surface area contributed by atoms with Gasteiger partial charge in [-0.05, 0) is 30.2 Å². The molecule has 0 spiro atoms. The molecule has 0 radical (unpaired) electrons. The zero-order valence-corrected chi connectivity index (χ0v) is 13.5. The second-order valence-corrected chi connectivity index (χ2v) is 5.43. The Morgan fingerprint density at radius 2 is 1.96 bits per heavy atom. The van der Waals surface area contributed by atoms with Crippen LogP contribution in [0.4, 0.5) is 14.7 Å². The average molecular weight is 342 g/mol. The van der Waals surface area contributed by atoms with Gasteiger partial charge in [0.1, 0.15) is 12.4 Å². The van der Waals surface area contributed by atoms with Gasteiger partial charge in [-0.2, -0.15) is 5.10 Å². The number of ether oxygens (including phenoxy) is 1. The third kappa shape index (κ3) is 4.20. The lowest BCUT2D eigenvalue weighted by atomic mass is 10.1. The van der Waals surface area contributed by atoms with Gasteiger partial charge < -0.3 is 10.5 Å². The summed E-state index contributed by atoms with van der Waals surface area (Å²) in [4.78, 5) is 4.06. The van der Waals surface area contributed by atoms with E-state index in [9.17, 15) is 8.78 Å². The molecule has 0 saturated carbocycles. The first-order valence-electron chi connectivity index (χ1n) is 7.54. The van der Waals surface area contributed by atoms with Crippen LogP contribution in [0.1, 0.15) is 16.8 Å². The summed E-state index contributed by atoms with van der Waals surface area (Å²) >= 11 is 0. The molecule has 25 heavy (non-hydrogen) atoms. The maximum absolute atomic E-state index is 13.5. The molecular formula is C18H16F2N4O. The Hall–Kier alpha value is -3.22. The van der Waals surface area contributed by atoms with Crippen molar-refractivity contribution in [2.75, 3.05) is 5.73 Å². The second kappa shape index (κ2) is 7.12. The van der Waals surface area contributed by atoms with Crippen LogP contribution in [0.2, 0.25) is 0 Å². The number of hydrogen-bond acceptors (Lipinski definition) is 4. The van der Waals surface area contributed by atoms with Gasteiger partial charge in [-0.1, -0.05) is 24.3 Å². The fraction of sp³-hybridized carbons (Fsp3) is 0.111.